The van der Waals surface area contributed by atoms with Crippen LogP contribution in [-0.4, -0.2) is 43.0 Å². The second kappa shape index (κ2) is 8.66. The van der Waals surface area contributed by atoms with Crippen molar-refractivity contribution >= 4 is 34.4 Å². The monoisotopic (exact) mass is 481 g/mol. The number of anilines is 2. The van der Waals surface area contributed by atoms with Gasteiger partial charge >= 0.3 is 5.69 Å². The average molecular weight is 482 g/mol. The molecule has 0 aliphatic carbocycles. The summed E-state index contributed by atoms with van der Waals surface area (Å²) in [4.78, 5) is 33.1. The second-order valence-electron chi connectivity index (χ2n) is 8.25. The van der Waals surface area contributed by atoms with Crippen molar-refractivity contribution in [1.82, 2.24) is 18.7 Å². The number of hydrogen-bond donors (Lipinski definition) is 1. The molecule has 5 rings (SSSR count). The molecule has 1 aliphatic rings. The van der Waals surface area contributed by atoms with Gasteiger partial charge in [0.1, 0.15) is 5.75 Å². The molecule has 1 unspecified atom stereocenters. The van der Waals surface area contributed by atoms with E-state index in [1.165, 1.54) is 9.13 Å². The Morgan fingerprint density at radius 2 is 1.79 bits per heavy atom. The molecule has 3 heterocycles. The maximum Gasteiger partial charge on any atom is 0.332 e. The van der Waals surface area contributed by atoms with Gasteiger partial charge in [-0.3, -0.25) is 13.9 Å². The van der Waals surface area contributed by atoms with E-state index in [4.69, 9.17) is 16.3 Å². The Hall–Kier alpha value is -3.56. The van der Waals surface area contributed by atoms with Crippen LogP contribution in [0.4, 0.5) is 11.6 Å². The highest BCUT2D eigenvalue weighted by Crippen LogP contribution is 2.32. The van der Waals surface area contributed by atoms with E-state index in [0.29, 0.717) is 24.1 Å². The zero-order valence-corrected chi connectivity index (χ0v) is 19.6. The molecule has 0 spiro atoms. The Balaban J connectivity index is 1.65. The van der Waals surface area contributed by atoms with Gasteiger partial charge < -0.3 is 19.3 Å². The lowest BCUT2D eigenvalue weighted by atomic mass is 10.2. The van der Waals surface area contributed by atoms with Crippen LogP contribution in [-0.2, 0) is 20.1 Å². The van der Waals surface area contributed by atoms with Gasteiger partial charge in [-0.15, -0.1) is 0 Å². The smallest absolute Gasteiger partial charge is 0.332 e. The molecule has 176 valence electrons. The van der Waals surface area contributed by atoms with Crippen LogP contribution in [0.5, 0.6) is 5.75 Å². The van der Waals surface area contributed by atoms with Gasteiger partial charge in [-0.25, -0.2) is 4.79 Å². The SMILES string of the molecule is CCOc1ccc(N2CC(O)Cn3c2nc2c3c(=O)n(Cc3ccc(Cl)cc3)c(=O)n2C)cc1. The fourth-order valence-electron chi connectivity index (χ4n) is 4.32. The van der Waals surface area contributed by atoms with Crippen molar-refractivity contribution in [2.24, 2.45) is 7.05 Å². The lowest BCUT2D eigenvalue weighted by Crippen LogP contribution is -2.41. The summed E-state index contributed by atoms with van der Waals surface area (Å²) in [6.07, 6.45) is -0.724. The van der Waals surface area contributed by atoms with Crippen molar-refractivity contribution in [2.45, 2.75) is 26.1 Å². The van der Waals surface area contributed by atoms with Crippen molar-refractivity contribution < 1.29 is 9.84 Å². The molecule has 1 atom stereocenters. The van der Waals surface area contributed by atoms with E-state index in [9.17, 15) is 14.7 Å². The number of hydrogen-bond acceptors (Lipinski definition) is 6. The van der Waals surface area contributed by atoms with Crippen LogP contribution in [0.2, 0.25) is 5.02 Å². The maximum absolute atomic E-state index is 13.5. The van der Waals surface area contributed by atoms with Crippen molar-refractivity contribution in [3.05, 3.63) is 80.0 Å². The number of fused-ring (bicyclic) bond motifs is 3. The van der Waals surface area contributed by atoms with Crippen LogP contribution < -0.4 is 20.9 Å². The summed E-state index contributed by atoms with van der Waals surface area (Å²) in [7, 11) is 1.60. The highest BCUT2D eigenvalue weighted by Gasteiger charge is 2.30. The molecule has 1 N–H and O–H groups in total. The Kier molecular flexibility index (Phi) is 5.66. The summed E-state index contributed by atoms with van der Waals surface area (Å²) in [5.41, 5.74) is 1.22. The predicted octanol–water partition coefficient (Wildman–Crippen LogP) is 2.51. The van der Waals surface area contributed by atoms with Gasteiger partial charge in [-0.2, -0.15) is 4.98 Å². The molecular formula is C24H24ClN5O4. The molecule has 2 aromatic carbocycles. The molecule has 0 amide bonds. The predicted molar refractivity (Wildman–Crippen MR) is 130 cm³/mol. The third kappa shape index (κ3) is 3.76. The Morgan fingerprint density at radius 3 is 2.47 bits per heavy atom. The summed E-state index contributed by atoms with van der Waals surface area (Å²) in [5.74, 6) is 1.24. The number of rotatable bonds is 5. The number of aromatic nitrogens is 4. The highest BCUT2D eigenvalue weighted by atomic mass is 35.5. The third-order valence-corrected chi connectivity index (χ3v) is 6.21. The average Bonchev–Trinajstić information content (AvgIpc) is 3.21. The molecule has 0 fully saturated rings. The number of aliphatic hydroxyl groups is 1. The van der Waals surface area contributed by atoms with Gasteiger partial charge in [-0.1, -0.05) is 23.7 Å². The number of benzene rings is 2. The molecule has 4 aromatic rings. The molecule has 0 saturated carbocycles. The molecular weight excluding hydrogens is 458 g/mol. The first-order valence-corrected chi connectivity index (χ1v) is 11.4. The van der Waals surface area contributed by atoms with Crippen molar-refractivity contribution in [3.8, 4) is 5.75 Å². The van der Waals surface area contributed by atoms with Gasteiger partial charge in [0.25, 0.3) is 5.56 Å². The third-order valence-electron chi connectivity index (χ3n) is 5.95. The summed E-state index contributed by atoms with van der Waals surface area (Å²) in [6.45, 7) is 3.09. The molecule has 1 aliphatic heterocycles. The van der Waals surface area contributed by atoms with Gasteiger partial charge in [0.2, 0.25) is 5.95 Å². The van der Waals surface area contributed by atoms with Crippen LogP contribution in [0, 0.1) is 0 Å². The topological polar surface area (TPSA) is 94.5 Å². The van der Waals surface area contributed by atoms with E-state index in [1.807, 2.05) is 36.1 Å². The molecule has 9 nitrogen and oxygen atoms in total. The first-order chi connectivity index (χ1) is 16.4. The van der Waals surface area contributed by atoms with Crippen LogP contribution in [0.3, 0.4) is 0 Å². The van der Waals surface area contributed by atoms with Crippen LogP contribution in [0.15, 0.2) is 58.1 Å². The van der Waals surface area contributed by atoms with E-state index in [0.717, 1.165) is 17.0 Å². The quantitative estimate of drug-likeness (QED) is 0.470. The van der Waals surface area contributed by atoms with Crippen LogP contribution in [0.1, 0.15) is 12.5 Å². The lowest BCUT2D eigenvalue weighted by Gasteiger charge is -2.32. The van der Waals surface area contributed by atoms with Crippen molar-refractivity contribution in [3.63, 3.8) is 0 Å². The normalized spacial score (nSPS) is 15.5. The number of imidazole rings is 1. The van der Waals surface area contributed by atoms with E-state index in [1.54, 1.807) is 35.9 Å². The zero-order chi connectivity index (χ0) is 24.0. The van der Waals surface area contributed by atoms with Gasteiger partial charge in [-0.05, 0) is 48.9 Å². The summed E-state index contributed by atoms with van der Waals surface area (Å²) in [6, 6.07) is 14.5. The summed E-state index contributed by atoms with van der Waals surface area (Å²) in [5, 5.41) is 11.2. The molecule has 0 radical (unpaired) electrons. The Labute approximate surface area is 200 Å². The number of aryl methyl sites for hydroxylation is 1. The minimum absolute atomic E-state index is 0.101. The zero-order valence-electron chi connectivity index (χ0n) is 18.8. The first kappa shape index (κ1) is 22.2. The first-order valence-electron chi connectivity index (χ1n) is 11.0. The number of ether oxygens (including phenoxy) is 1. The standard InChI is InChI=1S/C24H24ClN5O4/c1-3-34-19-10-8-17(9-11-19)28-13-18(31)14-29-20-21(26-23(28)29)27(2)24(33)30(22(20)32)12-15-4-6-16(25)7-5-15/h4-11,18,31H,3,12-14H2,1-2H3. The number of nitrogens with zero attached hydrogens (tertiary/aromatic N) is 5. The van der Waals surface area contributed by atoms with E-state index >= 15 is 0 Å². The number of halogens is 1. The molecule has 2 aromatic heterocycles. The highest BCUT2D eigenvalue weighted by molar-refractivity contribution is 6.30. The van der Waals surface area contributed by atoms with E-state index < -0.39 is 17.4 Å². The van der Waals surface area contributed by atoms with Gasteiger partial charge in [0.05, 0.1) is 32.3 Å². The van der Waals surface area contributed by atoms with E-state index in [-0.39, 0.29) is 24.3 Å². The van der Waals surface area contributed by atoms with Crippen molar-refractivity contribution in [1.29, 1.82) is 0 Å². The summed E-state index contributed by atoms with van der Waals surface area (Å²) < 4.78 is 9.78. The van der Waals surface area contributed by atoms with Gasteiger partial charge in [0.15, 0.2) is 11.2 Å². The Bertz CT molecular complexity index is 1470. The Morgan fingerprint density at radius 1 is 1.09 bits per heavy atom. The maximum atomic E-state index is 13.5. The molecule has 10 heteroatoms. The van der Waals surface area contributed by atoms with Crippen molar-refractivity contribution in [2.75, 3.05) is 18.1 Å². The number of β-amino-alcohol motifs (C(OH)–C–C–N with tert-alkyl or cyclic N) is 1. The fraction of sp³-hybridized carbons (Fsp3) is 0.292. The van der Waals surface area contributed by atoms with Crippen LogP contribution in [0.25, 0.3) is 11.2 Å². The fourth-order valence-corrected chi connectivity index (χ4v) is 4.45. The molecule has 0 bridgehead atoms. The largest absolute Gasteiger partial charge is 0.494 e. The minimum Gasteiger partial charge on any atom is -0.494 e. The van der Waals surface area contributed by atoms with Crippen LogP contribution >= 0.6 is 11.6 Å². The summed E-state index contributed by atoms with van der Waals surface area (Å²) >= 11 is 5.97. The number of aliphatic hydroxyl groups excluding tert-OH is 1. The second-order valence-corrected chi connectivity index (χ2v) is 8.68. The van der Waals surface area contributed by atoms with E-state index in [2.05, 4.69) is 4.98 Å². The van der Waals surface area contributed by atoms with Gasteiger partial charge in [0, 0.05) is 17.8 Å². The minimum atomic E-state index is -0.724. The molecule has 34 heavy (non-hydrogen) atoms. The molecule has 0 saturated heterocycles. The lowest BCUT2D eigenvalue weighted by molar-refractivity contribution is 0.154.